The average Bonchev–Trinajstić information content (AvgIpc) is 3.17. The van der Waals surface area contributed by atoms with Crippen LogP contribution in [0.25, 0.3) is 0 Å². The molecule has 0 spiro atoms. The smallest absolute Gasteiger partial charge is 0.335 e. The molecule has 108 valence electrons. The van der Waals surface area contributed by atoms with E-state index in [4.69, 9.17) is 5.11 Å². The van der Waals surface area contributed by atoms with Crippen molar-refractivity contribution in [3.63, 3.8) is 0 Å². The highest BCUT2D eigenvalue weighted by atomic mass is 32.1. The number of hydrogen-bond acceptors (Lipinski definition) is 4. The average molecular weight is 302 g/mol. The number of pyridine rings is 1. The van der Waals surface area contributed by atoms with E-state index >= 15 is 0 Å². The van der Waals surface area contributed by atoms with E-state index in [2.05, 4.69) is 10.4 Å². The van der Waals surface area contributed by atoms with Crippen molar-refractivity contribution in [3.8, 4) is 0 Å². The largest absolute Gasteiger partial charge is 0.478 e. The zero-order valence-electron chi connectivity index (χ0n) is 11.2. The number of carboxylic acids is 1. The zero-order valence-corrected chi connectivity index (χ0v) is 12.0. The Morgan fingerprint density at radius 2 is 2.24 bits per heavy atom. The highest BCUT2D eigenvalue weighted by Gasteiger charge is 2.31. The molecule has 5 nitrogen and oxygen atoms in total. The molecular formula is C15H14N2O3S. The van der Waals surface area contributed by atoms with Gasteiger partial charge in [0.1, 0.15) is 5.69 Å². The standard InChI is InChI=1S/C15H14N2O3S/c18-14(12-8-10(15(19)20)3-5-16-12)17-6-1-2-13(17)11-4-7-21-9-11/h3-5,7-9,13H,1-2,6H2,(H,19,20). The lowest BCUT2D eigenvalue weighted by atomic mass is 10.1. The summed E-state index contributed by atoms with van der Waals surface area (Å²) in [7, 11) is 0. The first-order valence-corrected chi connectivity index (χ1v) is 7.63. The second-order valence-electron chi connectivity index (χ2n) is 4.95. The van der Waals surface area contributed by atoms with Gasteiger partial charge in [-0.1, -0.05) is 0 Å². The third-order valence-corrected chi connectivity index (χ3v) is 4.37. The second kappa shape index (κ2) is 5.65. The molecule has 3 rings (SSSR count). The Labute approximate surface area is 125 Å². The number of hydrogen-bond donors (Lipinski definition) is 1. The number of nitrogens with zero attached hydrogens (tertiary/aromatic N) is 2. The van der Waals surface area contributed by atoms with Gasteiger partial charge in [0.25, 0.3) is 5.91 Å². The topological polar surface area (TPSA) is 70.5 Å². The van der Waals surface area contributed by atoms with Crippen LogP contribution in [-0.4, -0.2) is 33.4 Å². The van der Waals surface area contributed by atoms with Gasteiger partial charge in [0.15, 0.2) is 0 Å². The molecule has 1 fully saturated rings. The Kier molecular flexibility index (Phi) is 3.70. The van der Waals surface area contributed by atoms with Gasteiger partial charge in [0, 0.05) is 12.7 Å². The zero-order chi connectivity index (χ0) is 14.8. The first-order valence-electron chi connectivity index (χ1n) is 6.69. The predicted octanol–water partition coefficient (Wildman–Crippen LogP) is 2.82. The van der Waals surface area contributed by atoms with Crippen molar-refractivity contribution in [2.45, 2.75) is 18.9 Å². The summed E-state index contributed by atoms with van der Waals surface area (Å²) in [6.45, 7) is 0.679. The monoisotopic (exact) mass is 302 g/mol. The molecule has 1 atom stereocenters. The molecule has 3 heterocycles. The fourth-order valence-corrected chi connectivity index (χ4v) is 3.36. The maximum Gasteiger partial charge on any atom is 0.335 e. The Balaban J connectivity index is 1.87. The lowest BCUT2D eigenvalue weighted by Crippen LogP contribution is -2.31. The van der Waals surface area contributed by atoms with Crippen molar-refractivity contribution in [3.05, 3.63) is 52.0 Å². The number of carboxylic acid groups (broad SMARTS) is 1. The van der Waals surface area contributed by atoms with Gasteiger partial charge < -0.3 is 10.0 Å². The van der Waals surface area contributed by atoms with Crippen molar-refractivity contribution in [1.29, 1.82) is 0 Å². The van der Waals surface area contributed by atoms with Crippen LogP contribution in [0.2, 0.25) is 0 Å². The Morgan fingerprint density at radius 3 is 2.95 bits per heavy atom. The summed E-state index contributed by atoms with van der Waals surface area (Å²) < 4.78 is 0. The van der Waals surface area contributed by atoms with Gasteiger partial charge in [-0.05, 0) is 47.4 Å². The summed E-state index contributed by atoms with van der Waals surface area (Å²) in [6.07, 6.45) is 3.25. The number of amides is 1. The van der Waals surface area contributed by atoms with Crippen LogP contribution in [-0.2, 0) is 0 Å². The number of carbonyl (C=O) groups excluding carboxylic acids is 1. The maximum absolute atomic E-state index is 12.6. The molecule has 1 unspecified atom stereocenters. The minimum absolute atomic E-state index is 0.0686. The molecule has 1 N–H and O–H groups in total. The molecule has 0 aliphatic carbocycles. The molecule has 0 saturated carbocycles. The van der Waals surface area contributed by atoms with Crippen molar-refractivity contribution >= 4 is 23.2 Å². The minimum atomic E-state index is -1.05. The van der Waals surface area contributed by atoms with Crippen molar-refractivity contribution in [2.75, 3.05) is 6.54 Å². The third-order valence-electron chi connectivity index (χ3n) is 3.67. The summed E-state index contributed by atoms with van der Waals surface area (Å²) in [5.74, 6) is -1.26. The van der Waals surface area contributed by atoms with Gasteiger partial charge in [-0.3, -0.25) is 9.78 Å². The van der Waals surface area contributed by atoms with Gasteiger partial charge >= 0.3 is 5.97 Å². The molecule has 1 aliphatic rings. The van der Waals surface area contributed by atoms with E-state index in [-0.39, 0.29) is 23.2 Å². The minimum Gasteiger partial charge on any atom is -0.478 e. The molecular weight excluding hydrogens is 288 g/mol. The van der Waals surface area contributed by atoms with E-state index in [9.17, 15) is 9.59 Å². The van der Waals surface area contributed by atoms with Gasteiger partial charge in [-0.15, -0.1) is 0 Å². The Hall–Kier alpha value is -2.21. The van der Waals surface area contributed by atoms with Gasteiger partial charge in [0.2, 0.25) is 0 Å². The number of thiophene rings is 1. The van der Waals surface area contributed by atoms with Crippen molar-refractivity contribution in [2.24, 2.45) is 0 Å². The van der Waals surface area contributed by atoms with Crippen LogP contribution in [0.5, 0.6) is 0 Å². The molecule has 0 radical (unpaired) electrons. The lowest BCUT2D eigenvalue weighted by Gasteiger charge is -2.23. The van der Waals surface area contributed by atoms with Crippen molar-refractivity contribution in [1.82, 2.24) is 9.88 Å². The number of aromatic carboxylic acids is 1. The highest BCUT2D eigenvalue weighted by molar-refractivity contribution is 7.07. The van der Waals surface area contributed by atoms with Crippen LogP contribution in [0.1, 0.15) is 45.3 Å². The first kappa shape index (κ1) is 13.8. The molecule has 21 heavy (non-hydrogen) atoms. The predicted molar refractivity (Wildman–Crippen MR) is 78.5 cm³/mol. The van der Waals surface area contributed by atoms with E-state index in [1.807, 2.05) is 11.4 Å². The van der Waals surface area contributed by atoms with Crippen LogP contribution in [0.4, 0.5) is 0 Å². The van der Waals surface area contributed by atoms with E-state index in [1.54, 1.807) is 16.2 Å². The first-order chi connectivity index (χ1) is 10.2. The van der Waals surface area contributed by atoms with Crippen LogP contribution < -0.4 is 0 Å². The molecule has 1 aliphatic heterocycles. The van der Waals surface area contributed by atoms with E-state index in [0.717, 1.165) is 18.4 Å². The molecule has 0 bridgehead atoms. The summed E-state index contributed by atoms with van der Waals surface area (Å²) in [6, 6.07) is 4.83. The van der Waals surface area contributed by atoms with E-state index in [1.165, 1.54) is 18.3 Å². The van der Waals surface area contributed by atoms with Crippen LogP contribution in [0.15, 0.2) is 35.2 Å². The second-order valence-corrected chi connectivity index (χ2v) is 5.73. The summed E-state index contributed by atoms with van der Waals surface area (Å²) in [5, 5.41) is 13.1. The molecule has 1 amide bonds. The normalized spacial score (nSPS) is 17.9. The third kappa shape index (κ3) is 2.67. The lowest BCUT2D eigenvalue weighted by molar-refractivity contribution is 0.0696. The number of carbonyl (C=O) groups is 2. The Morgan fingerprint density at radius 1 is 1.38 bits per heavy atom. The van der Waals surface area contributed by atoms with Crippen molar-refractivity contribution < 1.29 is 14.7 Å². The molecule has 2 aromatic heterocycles. The quantitative estimate of drug-likeness (QED) is 0.946. The van der Waals surface area contributed by atoms with Gasteiger partial charge in [-0.25, -0.2) is 4.79 Å². The summed E-state index contributed by atoms with van der Waals surface area (Å²) in [4.78, 5) is 29.4. The number of likely N-dealkylation sites (tertiary alicyclic amines) is 1. The molecule has 6 heteroatoms. The maximum atomic E-state index is 12.6. The SMILES string of the molecule is O=C(O)c1ccnc(C(=O)N2CCCC2c2ccsc2)c1. The summed E-state index contributed by atoms with van der Waals surface area (Å²) >= 11 is 1.61. The van der Waals surface area contributed by atoms with Gasteiger partial charge in [0.05, 0.1) is 11.6 Å². The molecule has 0 aromatic carbocycles. The fraction of sp³-hybridized carbons (Fsp3) is 0.267. The highest BCUT2D eigenvalue weighted by Crippen LogP contribution is 2.33. The van der Waals surface area contributed by atoms with Crippen LogP contribution in [0.3, 0.4) is 0 Å². The molecule has 2 aromatic rings. The number of aromatic nitrogens is 1. The summed E-state index contributed by atoms with van der Waals surface area (Å²) in [5.41, 5.74) is 1.41. The van der Waals surface area contributed by atoms with Crippen LogP contribution >= 0.6 is 11.3 Å². The fourth-order valence-electron chi connectivity index (χ4n) is 2.65. The van der Waals surface area contributed by atoms with E-state index in [0.29, 0.717) is 6.54 Å². The van der Waals surface area contributed by atoms with E-state index < -0.39 is 5.97 Å². The van der Waals surface area contributed by atoms with Gasteiger partial charge in [-0.2, -0.15) is 11.3 Å². The Bertz CT molecular complexity index is 669. The molecule has 1 saturated heterocycles. The van der Waals surface area contributed by atoms with Crippen LogP contribution in [0, 0.1) is 0 Å². The number of rotatable bonds is 3.